The average Bonchev–Trinajstić information content (AvgIpc) is 2.82. The highest BCUT2D eigenvalue weighted by molar-refractivity contribution is 5.37. The van der Waals surface area contributed by atoms with Gasteiger partial charge in [0.2, 0.25) is 0 Å². The van der Waals surface area contributed by atoms with Gasteiger partial charge in [-0.2, -0.15) is 0 Å². The molecule has 2 heterocycles. The Morgan fingerprint density at radius 1 is 1.40 bits per heavy atom. The highest BCUT2D eigenvalue weighted by Gasteiger charge is 2.26. The molecule has 5 heteroatoms. The molecule has 1 unspecified atom stereocenters. The monoisotopic (exact) mass is 204 g/mol. The number of hydrogen-bond acceptors (Lipinski definition) is 4. The van der Waals surface area contributed by atoms with E-state index in [1.807, 2.05) is 24.3 Å². The number of H-pyrrole nitrogens is 1. The predicted octanol–water partition coefficient (Wildman–Crippen LogP) is 1.04. The second-order valence-corrected chi connectivity index (χ2v) is 3.40. The van der Waals surface area contributed by atoms with Gasteiger partial charge in [-0.25, -0.2) is 4.79 Å². The highest BCUT2D eigenvalue weighted by atomic mass is 16.5. The number of aromatic nitrogens is 2. The van der Waals surface area contributed by atoms with Crippen LogP contribution in [0.15, 0.2) is 33.6 Å². The minimum atomic E-state index is -0.551. The summed E-state index contributed by atoms with van der Waals surface area (Å²) in [6.07, 6.45) is 0.465. The second kappa shape index (κ2) is 2.98. The standard InChI is InChI=1S/C10H8N2O3/c13-10-11-9(12-15-10)8-5-6-3-1-2-4-7(6)14-8/h1-4,8H,5H2,(H,11,12,13). The van der Waals surface area contributed by atoms with Crippen molar-refractivity contribution < 1.29 is 9.26 Å². The van der Waals surface area contributed by atoms with Gasteiger partial charge in [-0.3, -0.25) is 9.51 Å². The molecule has 0 saturated heterocycles. The van der Waals surface area contributed by atoms with E-state index in [2.05, 4.69) is 14.7 Å². The van der Waals surface area contributed by atoms with Crippen LogP contribution < -0.4 is 10.5 Å². The third-order valence-corrected chi connectivity index (χ3v) is 2.41. The third kappa shape index (κ3) is 1.32. The molecule has 15 heavy (non-hydrogen) atoms. The minimum Gasteiger partial charge on any atom is -0.482 e. The van der Waals surface area contributed by atoms with Crippen LogP contribution in [0.4, 0.5) is 0 Å². The van der Waals surface area contributed by atoms with E-state index in [4.69, 9.17) is 4.74 Å². The van der Waals surface area contributed by atoms with Gasteiger partial charge in [0.25, 0.3) is 0 Å². The minimum absolute atomic E-state index is 0.242. The van der Waals surface area contributed by atoms with E-state index >= 15 is 0 Å². The molecule has 0 bridgehead atoms. The van der Waals surface area contributed by atoms with Crippen molar-refractivity contribution in [3.8, 4) is 5.75 Å². The SMILES string of the molecule is O=c1[nH]c(C2Cc3ccccc3O2)no1. The molecule has 0 spiro atoms. The molecule has 1 aliphatic rings. The van der Waals surface area contributed by atoms with E-state index in [0.29, 0.717) is 12.2 Å². The van der Waals surface area contributed by atoms with Crippen LogP contribution in [0, 0.1) is 0 Å². The molecule has 3 rings (SSSR count). The van der Waals surface area contributed by atoms with Crippen molar-refractivity contribution in [1.82, 2.24) is 10.1 Å². The fourth-order valence-corrected chi connectivity index (χ4v) is 1.71. The molecule has 1 N–H and O–H groups in total. The number of rotatable bonds is 1. The maximum Gasteiger partial charge on any atom is 0.439 e. The van der Waals surface area contributed by atoms with Gasteiger partial charge in [0.05, 0.1) is 0 Å². The molecule has 1 atom stereocenters. The highest BCUT2D eigenvalue weighted by Crippen LogP contribution is 2.34. The quantitative estimate of drug-likeness (QED) is 0.753. The largest absolute Gasteiger partial charge is 0.482 e. The average molecular weight is 204 g/mol. The molecule has 2 aromatic rings. The van der Waals surface area contributed by atoms with E-state index in [0.717, 1.165) is 11.3 Å². The lowest BCUT2D eigenvalue weighted by atomic mass is 10.1. The van der Waals surface area contributed by atoms with Crippen molar-refractivity contribution in [3.63, 3.8) is 0 Å². The molecule has 0 saturated carbocycles. The Bertz CT molecular complexity index is 518. The Morgan fingerprint density at radius 3 is 3.00 bits per heavy atom. The summed E-state index contributed by atoms with van der Waals surface area (Å²) in [5, 5.41) is 3.61. The first-order valence-electron chi connectivity index (χ1n) is 4.63. The van der Waals surface area contributed by atoms with Gasteiger partial charge in [0, 0.05) is 6.42 Å². The molecule has 0 radical (unpaired) electrons. The summed E-state index contributed by atoms with van der Waals surface area (Å²) in [5.74, 6) is 0.729. The Balaban J connectivity index is 1.93. The summed E-state index contributed by atoms with van der Waals surface area (Å²) in [5.41, 5.74) is 1.12. The van der Waals surface area contributed by atoms with Gasteiger partial charge in [0.1, 0.15) is 5.75 Å². The zero-order valence-electron chi connectivity index (χ0n) is 7.77. The zero-order chi connectivity index (χ0) is 10.3. The van der Waals surface area contributed by atoms with Crippen LogP contribution in [0.25, 0.3) is 0 Å². The van der Waals surface area contributed by atoms with E-state index in [1.54, 1.807) is 0 Å². The number of fused-ring (bicyclic) bond motifs is 1. The lowest BCUT2D eigenvalue weighted by Gasteiger charge is -2.04. The molecular weight excluding hydrogens is 196 g/mol. The van der Waals surface area contributed by atoms with Crippen LogP contribution >= 0.6 is 0 Å². The van der Waals surface area contributed by atoms with Crippen LogP contribution in [0.3, 0.4) is 0 Å². The van der Waals surface area contributed by atoms with Gasteiger partial charge in [-0.15, -0.1) is 0 Å². The number of ether oxygens (including phenoxy) is 1. The van der Waals surface area contributed by atoms with Crippen LogP contribution in [0.2, 0.25) is 0 Å². The molecule has 1 aromatic heterocycles. The van der Waals surface area contributed by atoms with Crippen LogP contribution in [0.1, 0.15) is 17.5 Å². The fourth-order valence-electron chi connectivity index (χ4n) is 1.71. The van der Waals surface area contributed by atoms with Gasteiger partial charge in [-0.1, -0.05) is 23.4 Å². The summed E-state index contributed by atoms with van der Waals surface area (Å²) in [4.78, 5) is 13.3. The lowest BCUT2D eigenvalue weighted by molar-refractivity contribution is 0.221. The number of nitrogens with zero attached hydrogens (tertiary/aromatic N) is 1. The van der Waals surface area contributed by atoms with Gasteiger partial charge in [-0.05, 0) is 11.6 Å². The Hall–Kier alpha value is -2.04. The van der Waals surface area contributed by atoms with E-state index in [9.17, 15) is 4.79 Å². The number of nitrogens with one attached hydrogen (secondary N) is 1. The van der Waals surface area contributed by atoms with E-state index in [-0.39, 0.29) is 6.10 Å². The van der Waals surface area contributed by atoms with Crippen molar-refractivity contribution in [2.24, 2.45) is 0 Å². The Morgan fingerprint density at radius 2 is 2.27 bits per heavy atom. The first-order chi connectivity index (χ1) is 7.33. The maximum absolute atomic E-state index is 10.8. The summed E-state index contributed by atoms with van der Waals surface area (Å²) in [6, 6.07) is 7.75. The summed E-state index contributed by atoms with van der Waals surface area (Å²) in [6.45, 7) is 0. The maximum atomic E-state index is 10.8. The van der Waals surface area contributed by atoms with Crippen LogP contribution in [0.5, 0.6) is 5.75 Å². The lowest BCUT2D eigenvalue weighted by Crippen LogP contribution is -2.07. The van der Waals surface area contributed by atoms with Crippen molar-refractivity contribution >= 4 is 0 Å². The van der Waals surface area contributed by atoms with Crippen molar-refractivity contribution in [1.29, 1.82) is 0 Å². The zero-order valence-corrected chi connectivity index (χ0v) is 7.77. The Labute approximate surface area is 84.7 Å². The van der Waals surface area contributed by atoms with Crippen molar-refractivity contribution in [3.05, 3.63) is 46.2 Å². The molecular formula is C10H8N2O3. The second-order valence-electron chi connectivity index (χ2n) is 3.40. The first kappa shape index (κ1) is 8.28. The first-order valence-corrected chi connectivity index (χ1v) is 4.63. The smallest absolute Gasteiger partial charge is 0.439 e. The van der Waals surface area contributed by atoms with E-state index in [1.165, 1.54) is 0 Å². The molecule has 0 amide bonds. The summed E-state index contributed by atoms with van der Waals surface area (Å²) < 4.78 is 10.0. The molecule has 76 valence electrons. The number of benzene rings is 1. The number of aromatic amines is 1. The third-order valence-electron chi connectivity index (χ3n) is 2.41. The Kier molecular flexibility index (Phi) is 1.65. The summed E-state index contributed by atoms with van der Waals surface area (Å²) in [7, 11) is 0. The van der Waals surface area contributed by atoms with Gasteiger partial charge in [0.15, 0.2) is 11.9 Å². The van der Waals surface area contributed by atoms with Gasteiger partial charge < -0.3 is 4.74 Å². The molecule has 5 nitrogen and oxygen atoms in total. The molecule has 1 aliphatic heterocycles. The summed E-state index contributed by atoms with van der Waals surface area (Å²) >= 11 is 0. The fraction of sp³-hybridized carbons (Fsp3) is 0.200. The molecule has 1 aromatic carbocycles. The van der Waals surface area contributed by atoms with E-state index < -0.39 is 5.76 Å². The predicted molar refractivity (Wildman–Crippen MR) is 50.6 cm³/mol. The van der Waals surface area contributed by atoms with Crippen LogP contribution in [-0.4, -0.2) is 10.1 Å². The molecule has 0 aliphatic carbocycles. The molecule has 0 fully saturated rings. The number of hydrogen-bond donors (Lipinski definition) is 1. The van der Waals surface area contributed by atoms with Crippen molar-refractivity contribution in [2.45, 2.75) is 12.5 Å². The van der Waals surface area contributed by atoms with Crippen molar-refractivity contribution in [2.75, 3.05) is 0 Å². The van der Waals surface area contributed by atoms with Gasteiger partial charge >= 0.3 is 5.76 Å². The number of para-hydroxylation sites is 1. The van der Waals surface area contributed by atoms with Crippen LogP contribution in [-0.2, 0) is 6.42 Å². The topological polar surface area (TPSA) is 68.1 Å². The normalized spacial score (nSPS) is 18.5.